The Hall–Kier alpha value is -2.37. The Bertz CT molecular complexity index is 605. The van der Waals surface area contributed by atoms with Crippen LogP contribution < -0.4 is 10.6 Å². The average molecular weight is 260 g/mol. The van der Waals surface area contributed by atoms with Gasteiger partial charge in [-0.3, -0.25) is 9.59 Å². The fourth-order valence-corrected chi connectivity index (χ4v) is 1.79. The molecule has 100 valence electrons. The monoisotopic (exact) mass is 260 g/mol. The molecule has 0 aliphatic carbocycles. The molecule has 0 aromatic carbocycles. The second kappa shape index (κ2) is 5.51. The first-order valence-corrected chi connectivity index (χ1v) is 6.13. The molecule has 2 amide bonds. The number of fused-ring (bicyclic) bond motifs is 1. The summed E-state index contributed by atoms with van der Waals surface area (Å²) in [4.78, 5) is 27.8. The van der Waals surface area contributed by atoms with Gasteiger partial charge >= 0.3 is 0 Å². The maximum absolute atomic E-state index is 12.1. The molecule has 19 heavy (non-hydrogen) atoms. The van der Waals surface area contributed by atoms with Crippen molar-refractivity contribution < 1.29 is 9.59 Å². The van der Waals surface area contributed by atoms with Crippen LogP contribution in [0, 0.1) is 0 Å². The van der Waals surface area contributed by atoms with Gasteiger partial charge in [0.2, 0.25) is 5.91 Å². The third kappa shape index (κ3) is 2.73. The summed E-state index contributed by atoms with van der Waals surface area (Å²) in [5, 5.41) is 5.32. The highest BCUT2D eigenvalue weighted by Crippen LogP contribution is 2.08. The van der Waals surface area contributed by atoms with Crippen LogP contribution >= 0.6 is 0 Å². The number of hydrogen-bond acceptors (Lipinski definition) is 3. The van der Waals surface area contributed by atoms with Crippen LogP contribution in [0.2, 0.25) is 0 Å². The summed E-state index contributed by atoms with van der Waals surface area (Å²) >= 11 is 0. The Labute approximate surface area is 110 Å². The van der Waals surface area contributed by atoms with Gasteiger partial charge in [-0.05, 0) is 26.0 Å². The molecule has 0 radical (unpaired) electrons. The Morgan fingerprint density at radius 1 is 1.42 bits per heavy atom. The van der Waals surface area contributed by atoms with E-state index in [1.54, 1.807) is 35.9 Å². The van der Waals surface area contributed by atoms with Gasteiger partial charge in [0.05, 0.1) is 5.56 Å². The van der Waals surface area contributed by atoms with Crippen LogP contribution in [0.3, 0.4) is 0 Å². The van der Waals surface area contributed by atoms with Gasteiger partial charge in [-0.15, -0.1) is 0 Å². The number of pyridine rings is 1. The van der Waals surface area contributed by atoms with Crippen LogP contribution in [0.15, 0.2) is 30.7 Å². The zero-order valence-corrected chi connectivity index (χ0v) is 10.9. The van der Waals surface area contributed by atoms with Crippen LogP contribution in [-0.2, 0) is 4.79 Å². The number of imidazole rings is 1. The molecule has 1 unspecified atom stereocenters. The maximum atomic E-state index is 12.1. The topological polar surface area (TPSA) is 75.5 Å². The van der Waals surface area contributed by atoms with Crippen LogP contribution in [-0.4, -0.2) is 33.8 Å². The van der Waals surface area contributed by atoms with E-state index in [1.165, 1.54) is 0 Å². The van der Waals surface area contributed by atoms with Crippen LogP contribution in [0.25, 0.3) is 5.65 Å². The minimum absolute atomic E-state index is 0.203. The number of rotatable bonds is 4. The van der Waals surface area contributed by atoms with Crippen LogP contribution in [0.4, 0.5) is 0 Å². The van der Waals surface area contributed by atoms with Gasteiger partial charge < -0.3 is 15.0 Å². The molecule has 2 aromatic rings. The minimum Gasteiger partial charge on any atom is -0.355 e. The molecule has 0 aliphatic rings. The largest absolute Gasteiger partial charge is 0.355 e. The van der Waals surface area contributed by atoms with Crippen molar-refractivity contribution >= 4 is 17.5 Å². The number of aromatic nitrogens is 2. The molecule has 6 heteroatoms. The summed E-state index contributed by atoms with van der Waals surface area (Å²) in [5.41, 5.74) is 1.02. The Morgan fingerprint density at radius 2 is 2.21 bits per heavy atom. The van der Waals surface area contributed by atoms with Crippen molar-refractivity contribution in [2.75, 3.05) is 6.54 Å². The molecule has 0 spiro atoms. The first kappa shape index (κ1) is 13.1. The van der Waals surface area contributed by atoms with Gasteiger partial charge in [0, 0.05) is 25.1 Å². The average Bonchev–Trinajstić information content (AvgIpc) is 2.86. The zero-order valence-electron chi connectivity index (χ0n) is 10.9. The van der Waals surface area contributed by atoms with Gasteiger partial charge in [0.25, 0.3) is 5.91 Å². The fraction of sp³-hybridized carbons (Fsp3) is 0.308. The van der Waals surface area contributed by atoms with Gasteiger partial charge in [0.1, 0.15) is 11.7 Å². The normalized spacial score (nSPS) is 12.1. The number of likely N-dealkylation sites (N-methyl/N-ethyl adjacent to an activating group) is 1. The summed E-state index contributed by atoms with van der Waals surface area (Å²) in [7, 11) is 0. The van der Waals surface area contributed by atoms with Gasteiger partial charge in [-0.1, -0.05) is 0 Å². The van der Waals surface area contributed by atoms with E-state index >= 15 is 0 Å². The van der Waals surface area contributed by atoms with Crippen molar-refractivity contribution in [3.05, 3.63) is 36.3 Å². The smallest absolute Gasteiger partial charge is 0.255 e. The van der Waals surface area contributed by atoms with Crippen LogP contribution in [0.1, 0.15) is 24.2 Å². The number of carbonyl (C=O) groups is 2. The fourth-order valence-electron chi connectivity index (χ4n) is 1.79. The number of hydrogen-bond donors (Lipinski definition) is 2. The highest BCUT2D eigenvalue weighted by molar-refractivity contribution is 6.01. The first-order chi connectivity index (χ1) is 9.13. The van der Waals surface area contributed by atoms with E-state index in [-0.39, 0.29) is 11.8 Å². The molecule has 0 saturated carbocycles. The summed E-state index contributed by atoms with van der Waals surface area (Å²) in [6.45, 7) is 4.02. The molecular weight excluding hydrogens is 244 g/mol. The van der Waals surface area contributed by atoms with Gasteiger partial charge in [-0.25, -0.2) is 4.98 Å². The van der Waals surface area contributed by atoms with Crippen LogP contribution in [0.5, 0.6) is 0 Å². The Morgan fingerprint density at radius 3 is 2.95 bits per heavy atom. The van der Waals surface area contributed by atoms with Crippen molar-refractivity contribution in [1.82, 2.24) is 20.0 Å². The highest BCUT2D eigenvalue weighted by atomic mass is 16.2. The lowest BCUT2D eigenvalue weighted by Crippen LogP contribution is -2.44. The lowest BCUT2D eigenvalue weighted by molar-refractivity contribution is -0.122. The maximum Gasteiger partial charge on any atom is 0.255 e. The van der Waals surface area contributed by atoms with Crippen molar-refractivity contribution in [3.8, 4) is 0 Å². The van der Waals surface area contributed by atoms with E-state index in [0.29, 0.717) is 17.8 Å². The lowest BCUT2D eigenvalue weighted by atomic mass is 10.2. The van der Waals surface area contributed by atoms with E-state index in [2.05, 4.69) is 15.6 Å². The van der Waals surface area contributed by atoms with Gasteiger partial charge in [0.15, 0.2) is 0 Å². The lowest BCUT2D eigenvalue weighted by Gasteiger charge is -2.13. The minimum atomic E-state index is -0.581. The second-order valence-corrected chi connectivity index (χ2v) is 4.17. The van der Waals surface area contributed by atoms with E-state index in [4.69, 9.17) is 0 Å². The molecule has 0 bridgehead atoms. The summed E-state index contributed by atoms with van der Waals surface area (Å²) in [5.74, 6) is -0.512. The zero-order chi connectivity index (χ0) is 13.8. The summed E-state index contributed by atoms with van der Waals surface area (Å²) in [6, 6.07) is 2.87. The third-order valence-corrected chi connectivity index (χ3v) is 2.76. The molecule has 0 saturated heterocycles. The molecule has 2 rings (SSSR count). The molecule has 2 N–H and O–H groups in total. The SMILES string of the molecule is CCNC(=O)C(C)NC(=O)c1cccn2ccnc12. The van der Waals surface area contributed by atoms with Crippen molar-refractivity contribution in [2.24, 2.45) is 0 Å². The molecule has 0 fully saturated rings. The number of carbonyl (C=O) groups excluding carboxylic acids is 2. The highest BCUT2D eigenvalue weighted by Gasteiger charge is 2.17. The number of nitrogens with zero attached hydrogens (tertiary/aromatic N) is 2. The quantitative estimate of drug-likeness (QED) is 0.844. The summed E-state index contributed by atoms with van der Waals surface area (Å²) in [6.07, 6.45) is 5.20. The van der Waals surface area contributed by atoms with E-state index in [9.17, 15) is 9.59 Å². The Balaban J connectivity index is 2.16. The predicted octanol–water partition coefficient (Wildman–Crippen LogP) is 0.589. The molecular formula is C13H16N4O2. The standard InChI is InChI=1S/C13H16N4O2/c1-3-14-12(18)9(2)16-13(19)10-5-4-7-17-8-6-15-11(10)17/h4-9H,3H2,1-2H3,(H,14,18)(H,16,19). The molecule has 1 atom stereocenters. The van der Waals surface area contributed by atoms with E-state index in [1.807, 2.05) is 13.1 Å². The van der Waals surface area contributed by atoms with Crippen molar-refractivity contribution in [3.63, 3.8) is 0 Å². The summed E-state index contributed by atoms with van der Waals surface area (Å²) < 4.78 is 1.76. The molecule has 2 heterocycles. The molecule has 6 nitrogen and oxygen atoms in total. The number of nitrogens with one attached hydrogen (secondary N) is 2. The second-order valence-electron chi connectivity index (χ2n) is 4.17. The molecule has 0 aliphatic heterocycles. The van der Waals surface area contributed by atoms with E-state index in [0.717, 1.165) is 0 Å². The van der Waals surface area contributed by atoms with E-state index < -0.39 is 6.04 Å². The third-order valence-electron chi connectivity index (χ3n) is 2.76. The van der Waals surface area contributed by atoms with Crippen molar-refractivity contribution in [2.45, 2.75) is 19.9 Å². The molecule has 2 aromatic heterocycles. The Kier molecular flexibility index (Phi) is 3.79. The predicted molar refractivity (Wildman–Crippen MR) is 70.8 cm³/mol. The number of amides is 2. The van der Waals surface area contributed by atoms with Gasteiger partial charge in [-0.2, -0.15) is 0 Å². The first-order valence-electron chi connectivity index (χ1n) is 6.13. The van der Waals surface area contributed by atoms with Crippen molar-refractivity contribution in [1.29, 1.82) is 0 Å².